The smallest absolute Gasteiger partial charge is 0.283 e. The number of aromatic nitrogens is 2. The minimum absolute atomic E-state index is 0.139. The molecule has 0 N–H and O–H groups in total. The summed E-state index contributed by atoms with van der Waals surface area (Å²) >= 11 is 0. The van der Waals surface area contributed by atoms with Gasteiger partial charge in [-0.1, -0.05) is 12.1 Å². The fourth-order valence-electron chi connectivity index (χ4n) is 3.31. The number of ether oxygens (including phenoxy) is 1. The minimum Gasteiger partial charge on any atom is -0.497 e. The second-order valence-electron chi connectivity index (χ2n) is 6.60. The van der Waals surface area contributed by atoms with Crippen LogP contribution in [0, 0.1) is 0 Å². The molecule has 0 saturated carbocycles. The van der Waals surface area contributed by atoms with E-state index in [0.717, 1.165) is 24.2 Å². The SMILES string of the molecule is COc1ccc(CC(=O)N2CCC(c3nnc(-c4ccco4)o3)CC2)cc1. The van der Waals surface area contributed by atoms with Gasteiger partial charge < -0.3 is 18.5 Å². The second kappa shape index (κ2) is 7.65. The highest BCUT2D eigenvalue weighted by atomic mass is 16.5. The van der Waals surface area contributed by atoms with Gasteiger partial charge in [0.25, 0.3) is 5.89 Å². The van der Waals surface area contributed by atoms with E-state index in [0.29, 0.717) is 37.1 Å². The Morgan fingerprint density at radius 3 is 2.63 bits per heavy atom. The first-order chi connectivity index (χ1) is 13.2. The third-order valence-electron chi connectivity index (χ3n) is 4.88. The van der Waals surface area contributed by atoms with E-state index >= 15 is 0 Å². The maximum atomic E-state index is 12.6. The van der Waals surface area contributed by atoms with E-state index in [1.165, 1.54) is 0 Å². The number of piperidine rings is 1. The normalized spacial score (nSPS) is 15.1. The van der Waals surface area contributed by atoms with Crippen molar-refractivity contribution >= 4 is 5.91 Å². The molecule has 0 unspecified atom stereocenters. The zero-order chi connectivity index (χ0) is 18.6. The van der Waals surface area contributed by atoms with Crippen molar-refractivity contribution in [2.24, 2.45) is 0 Å². The average molecular weight is 367 g/mol. The van der Waals surface area contributed by atoms with Crippen LogP contribution in [0.25, 0.3) is 11.7 Å². The van der Waals surface area contributed by atoms with Gasteiger partial charge in [-0.25, -0.2) is 0 Å². The van der Waals surface area contributed by atoms with Gasteiger partial charge in [-0.2, -0.15) is 0 Å². The highest BCUT2D eigenvalue weighted by Crippen LogP contribution is 2.29. The van der Waals surface area contributed by atoms with Gasteiger partial charge in [0.15, 0.2) is 5.76 Å². The number of benzene rings is 1. The maximum Gasteiger partial charge on any atom is 0.283 e. The van der Waals surface area contributed by atoms with Crippen molar-refractivity contribution in [1.29, 1.82) is 0 Å². The van der Waals surface area contributed by atoms with Crippen LogP contribution in [0.3, 0.4) is 0 Å². The Balaban J connectivity index is 1.32. The number of amides is 1. The van der Waals surface area contributed by atoms with Crippen LogP contribution in [0.2, 0.25) is 0 Å². The molecule has 1 saturated heterocycles. The Hall–Kier alpha value is -3.09. The van der Waals surface area contributed by atoms with E-state index in [1.54, 1.807) is 25.5 Å². The summed E-state index contributed by atoms with van der Waals surface area (Å²) in [4.78, 5) is 14.5. The summed E-state index contributed by atoms with van der Waals surface area (Å²) in [5.41, 5.74) is 0.989. The van der Waals surface area contributed by atoms with Crippen LogP contribution in [-0.2, 0) is 11.2 Å². The molecule has 1 aromatic carbocycles. The molecule has 27 heavy (non-hydrogen) atoms. The van der Waals surface area contributed by atoms with Crippen molar-refractivity contribution < 1.29 is 18.4 Å². The number of furan rings is 1. The standard InChI is InChI=1S/C20H21N3O4/c1-25-16-6-4-14(5-7-16)13-18(24)23-10-8-15(9-11-23)19-21-22-20(27-19)17-3-2-12-26-17/h2-7,12,15H,8-11,13H2,1H3. The highest BCUT2D eigenvalue weighted by molar-refractivity contribution is 5.78. The Bertz CT molecular complexity index is 878. The summed E-state index contributed by atoms with van der Waals surface area (Å²) in [7, 11) is 1.63. The van der Waals surface area contributed by atoms with Gasteiger partial charge in [-0.05, 0) is 42.7 Å². The molecule has 140 valence electrons. The lowest BCUT2D eigenvalue weighted by molar-refractivity contribution is -0.131. The van der Waals surface area contributed by atoms with Gasteiger partial charge in [0.1, 0.15) is 5.75 Å². The number of methoxy groups -OCH3 is 1. The summed E-state index contributed by atoms with van der Waals surface area (Å²) in [5.74, 6) is 2.68. The van der Waals surface area contributed by atoms with Crippen LogP contribution >= 0.6 is 0 Å². The lowest BCUT2D eigenvalue weighted by Crippen LogP contribution is -2.38. The molecule has 1 aliphatic rings. The van der Waals surface area contributed by atoms with Crippen molar-refractivity contribution in [1.82, 2.24) is 15.1 Å². The Morgan fingerprint density at radius 1 is 1.19 bits per heavy atom. The first kappa shape index (κ1) is 17.3. The van der Waals surface area contributed by atoms with Crippen molar-refractivity contribution in [2.75, 3.05) is 20.2 Å². The number of hydrogen-bond donors (Lipinski definition) is 0. The zero-order valence-corrected chi connectivity index (χ0v) is 15.1. The van der Waals surface area contributed by atoms with E-state index < -0.39 is 0 Å². The molecular formula is C20H21N3O4. The number of rotatable bonds is 5. The van der Waals surface area contributed by atoms with Gasteiger partial charge in [-0.3, -0.25) is 4.79 Å². The van der Waals surface area contributed by atoms with Gasteiger partial charge >= 0.3 is 0 Å². The monoisotopic (exact) mass is 367 g/mol. The summed E-state index contributed by atoms with van der Waals surface area (Å²) in [6.45, 7) is 1.39. The first-order valence-electron chi connectivity index (χ1n) is 9.01. The third-order valence-corrected chi connectivity index (χ3v) is 4.88. The van der Waals surface area contributed by atoms with Crippen LogP contribution in [0.5, 0.6) is 5.75 Å². The van der Waals surface area contributed by atoms with Crippen molar-refractivity contribution in [3.8, 4) is 17.4 Å². The van der Waals surface area contributed by atoms with Crippen molar-refractivity contribution in [3.05, 3.63) is 54.1 Å². The molecule has 0 aliphatic carbocycles. The molecule has 1 fully saturated rings. The number of carbonyl (C=O) groups is 1. The second-order valence-corrected chi connectivity index (χ2v) is 6.60. The molecule has 0 atom stereocenters. The van der Waals surface area contributed by atoms with Crippen molar-refractivity contribution in [3.63, 3.8) is 0 Å². The Labute approximate surface area is 156 Å². The quantitative estimate of drug-likeness (QED) is 0.688. The van der Waals surface area contributed by atoms with Gasteiger partial charge in [0, 0.05) is 19.0 Å². The third kappa shape index (κ3) is 3.86. The largest absolute Gasteiger partial charge is 0.497 e. The fraction of sp³-hybridized carbons (Fsp3) is 0.350. The van der Waals surface area contributed by atoms with E-state index in [4.69, 9.17) is 13.6 Å². The molecule has 4 rings (SSSR count). The predicted octanol–water partition coefficient (Wildman–Crippen LogP) is 3.29. The number of hydrogen-bond acceptors (Lipinski definition) is 6. The number of likely N-dealkylation sites (tertiary alicyclic amines) is 1. The molecule has 0 spiro atoms. The van der Waals surface area contributed by atoms with E-state index in [9.17, 15) is 4.79 Å². The molecule has 1 amide bonds. The summed E-state index contributed by atoms with van der Waals surface area (Å²) in [6, 6.07) is 11.2. The molecule has 7 nitrogen and oxygen atoms in total. The summed E-state index contributed by atoms with van der Waals surface area (Å²) in [6.07, 6.45) is 3.60. The van der Waals surface area contributed by atoms with E-state index in [2.05, 4.69) is 10.2 Å². The number of carbonyl (C=O) groups excluding carboxylic acids is 1. The van der Waals surface area contributed by atoms with Crippen LogP contribution in [0.15, 0.2) is 51.5 Å². The fourth-order valence-corrected chi connectivity index (χ4v) is 3.31. The van der Waals surface area contributed by atoms with Gasteiger partial charge in [-0.15, -0.1) is 10.2 Å². The zero-order valence-electron chi connectivity index (χ0n) is 15.1. The first-order valence-corrected chi connectivity index (χ1v) is 9.01. The highest BCUT2D eigenvalue weighted by Gasteiger charge is 2.27. The van der Waals surface area contributed by atoms with Gasteiger partial charge in [0.05, 0.1) is 19.8 Å². The average Bonchev–Trinajstić information content (AvgIpc) is 3.40. The summed E-state index contributed by atoms with van der Waals surface area (Å²) < 4.78 is 16.2. The van der Waals surface area contributed by atoms with Crippen LogP contribution in [0.1, 0.15) is 30.2 Å². The Kier molecular flexibility index (Phi) is 4.91. The maximum absolute atomic E-state index is 12.6. The lowest BCUT2D eigenvalue weighted by atomic mass is 9.96. The number of nitrogens with zero attached hydrogens (tertiary/aromatic N) is 3. The molecular weight excluding hydrogens is 346 g/mol. The minimum atomic E-state index is 0.139. The van der Waals surface area contributed by atoms with Gasteiger partial charge in [0.2, 0.25) is 11.8 Å². The molecule has 0 bridgehead atoms. The van der Waals surface area contributed by atoms with Crippen LogP contribution < -0.4 is 4.74 Å². The molecule has 3 heterocycles. The topological polar surface area (TPSA) is 81.6 Å². The lowest BCUT2D eigenvalue weighted by Gasteiger charge is -2.30. The molecule has 1 aliphatic heterocycles. The van der Waals surface area contributed by atoms with Crippen LogP contribution in [-0.4, -0.2) is 41.2 Å². The van der Waals surface area contributed by atoms with Crippen LogP contribution in [0.4, 0.5) is 0 Å². The van der Waals surface area contributed by atoms with E-state index in [-0.39, 0.29) is 11.8 Å². The molecule has 0 radical (unpaired) electrons. The molecule has 3 aromatic rings. The van der Waals surface area contributed by atoms with E-state index in [1.807, 2.05) is 29.2 Å². The predicted molar refractivity (Wildman–Crippen MR) is 97.3 cm³/mol. The molecule has 2 aromatic heterocycles. The van der Waals surface area contributed by atoms with Crippen molar-refractivity contribution in [2.45, 2.75) is 25.2 Å². The molecule has 7 heteroatoms. The summed E-state index contributed by atoms with van der Waals surface area (Å²) in [5, 5.41) is 8.21. The Morgan fingerprint density at radius 2 is 1.96 bits per heavy atom.